The van der Waals surface area contributed by atoms with E-state index in [2.05, 4.69) is 12.2 Å². The summed E-state index contributed by atoms with van der Waals surface area (Å²) in [6.45, 7) is 0. The van der Waals surface area contributed by atoms with Crippen molar-refractivity contribution in [3.8, 4) is 0 Å². The molecule has 0 atom stereocenters. The molecular formula is C5H5ClMg. The number of rotatable bonds is 0. The van der Waals surface area contributed by atoms with E-state index in [1.807, 2.05) is 12.2 Å². The Balaban J connectivity index is 0. The van der Waals surface area contributed by atoms with Crippen LogP contribution in [-0.2, 0) is 0 Å². The molecule has 1 aliphatic rings. The Bertz CT molecular complexity index is 66.1. The molecule has 1 rings (SSSR count). The molecule has 0 bridgehead atoms. The van der Waals surface area contributed by atoms with E-state index < -0.39 is 0 Å². The van der Waals surface area contributed by atoms with Gasteiger partial charge in [0.05, 0.1) is 0 Å². The smallest absolute Gasteiger partial charge is 1.00 e. The topological polar surface area (TPSA) is 0 Å². The zero-order valence-corrected chi connectivity index (χ0v) is 6.19. The summed E-state index contributed by atoms with van der Waals surface area (Å²) in [5, 5.41) is 0. The van der Waals surface area contributed by atoms with Crippen molar-refractivity contribution in [1.82, 2.24) is 0 Å². The van der Waals surface area contributed by atoms with Crippen LogP contribution in [0.15, 0.2) is 18.2 Å². The van der Waals surface area contributed by atoms with Crippen LogP contribution >= 0.6 is 0 Å². The van der Waals surface area contributed by atoms with E-state index in [1.54, 1.807) is 0 Å². The van der Waals surface area contributed by atoms with Gasteiger partial charge in [-0.25, -0.2) is 12.2 Å². The second-order valence-electron chi connectivity index (χ2n) is 1.00. The molecule has 0 aliphatic heterocycles. The minimum atomic E-state index is 0. The van der Waals surface area contributed by atoms with Crippen LogP contribution in [0.3, 0.4) is 0 Å². The molecule has 7 heavy (non-hydrogen) atoms. The number of hydrogen-bond donors (Lipinski definition) is 0. The van der Waals surface area contributed by atoms with Gasteiger partial charge in [-0.3, -0.25) is 6.08 Å². The molecule has 0 spiro atoms. The summed E-state index contributed by atoms with van der Waals surface area (Å²) in [4.78, 5) is 0. The van der Waals surface area contributed by atoms with Gasteiger partial charge >= 0.3 is 23.1 Å². The van der Waals surface area contributed by atoms with Gasteiger partial charge in [0, 0.05) is 0 Å². The van der Waals surface area contributed by atoms with Gasteiger partial charge in [0.1, 0.15) is 0 Å². The third-order valence-corrected chi connectivity index (χ3v) is 0.586. The second kappa shape index (κ2) is 6.54. The van der Waals surface area contributed by atoms with Gasteiger partial charge < -0.3 is 12.4 Å². The summed E-state index contributed by atoms with van der Waals surface area (Å²) in [6.07, 6.45) is 10.0. The monoisotopic (exact) mass is 124 g/mol. The third-order valence-electron chi connectivity index (χ3n) is 0.586. The van der Waals surface area contributed by atoms with Crippen LogP contribution in [0.25, 0.3) is 0 Å². The minimum Gasteiger partial charge on any atom is -1.00 e. The first kappa shape index (κ1) is 10.5. The molecule has 0 fully saturated rings. The second-order valence-corrected chi connectivity index (χ2v) is 1.00. The van der Waals surface area contributed by atoms with Crippen molar-refractivity contribution in [2.45, 2.75) is 6.42 Å². The van der Waals surface area contributed by atoms with Crippen LogP contribution in [0.5, 0.6) is 0 Å². The van der Waals surface area contributed by atoms with Crippen molar-refractivity contribution in [2.75, 3.05) is 0 Å². The Labute approximate surface area is 66.2 Å². The average Bonchev–Trinajstić information content (AvgIpc) is 1.76. The third kappa shape index (κ3) is 4.39. The van der Waals surface area contributed by atoms with Crippen molar-refractivity contribution in [2.24, 2.45) is 0 Å². The summed E-state index contributed by atoms with van der Waals surface area (Å²) >= 11 is 0. The predicted molar refractivity (Wildman–Crippen MR) is 27.3 cm³/mol. The standard InChI is InChI=1S/C5H5.ClH.Mg/c1-2-4-5-3-1;;/h1-3H,4H2;1H;/q-1;;+2/p-1. The van der Waals surface area contributed by atoms with Gasteiger partial charge in [0.25, 0.3) is 0 Å². The first-order chi connectivity index (χ1) is 2.50. The summed E-state index contributed by atoms with van der Waals surface area (Å²) < 4.78 is 0. The van der Waals surface area contributed by atoms with Crippen molar-refractivity contribution < 1.29 is 12.4 Å². The zero-order valence-electron chi connectivity index (χ0n) is 4.02. The first-order valence-corrected chi connectivity index (χ1v) is 1.72. The van der Waals surface area contributed by atoms with Gasteiger partial charge in [-0.1, -0.05) is 0 Å². The van der Waals surface area contributed by atoms with E-state index in [-0.39, 0.29) is 35.5 Å². The van der Waals surface area contributed by atoms with E-state index >= 15 is 0 Å². The maximum absolute atomic E-state index is 2.99. The molecule has 0 N–H and O–H groups in total. The molecule has 0 saturated carbocycles. The van der Waals surface area contributed by atoms with Crippen LogP contribution in [0.1, 0.15) is 6.42 Å². The molecule has 0 amide bonds. The molecule has 0 saturated heterocycles. The fourth-order valence-electron chi connectivity index (χ4n) is 0.340. The van der Waals surface area contributed by atoms with Gasteiger partial charge in [-0.2, -0.15) is 6.08 Å². The number of halogens is 1. The van der Waals surface area contributed by atoms with Gasteiger partial charge in [-0.05, 0) is 0 Å². The molecule has 34 valence electrons. The molecule has 0 heterocycles. The molecule has 2 heteroatoms. The Morgan fingerprint density at radius 3 is 2.29 bits per heavy atom. The molecule has 0 unspecified atom stereocenters. The van der Waals surface area contributed by atoms with Crippen molar-refractivity contribution in [3.05, 3.63) is 24.3 Å². The maximum atomic E-state index is 2.99. The van der Waals surface area contributed by atoms with E-state index in [1.165, 1.54) is 0 Å². The van der Waals surface area contributed by atoms with Gasteiger partial charge in [0.15, 0.2) is 0 Å². The molecule has 0 aromatic rings. The molecule has 1 aliphatic carbocycles. The van der Waals surface area contributed by atoms with Crippen LogP contribution in [0.4, 0.5) is 0 Å². The average molecular weight is 125 g/mol. The Morgan fingerprint density at radius 2 is 2.14 bits per heavy atom. The molecule has 0 aromatic carbocycles. The van der Waals surface area contributed by atoms with Crippen LogP contribution in [0.2, 0.25) is 0 Å². The normalized spacial score (nSPS) is 12.6. The van der Waals surface area contributed by atoms with Gasteiger partial charge in [0.2, 0.25) is 0 Å². The molecular weight excluding hydrogens is 120 g/mol. The fraction of sp³-hybridized carbons (Fsp3) is 0.200. The molecule has 0 aromatic heterocycles. The summed E-state index contributed by atoms with van der Waals surface area (Å²) in [6, 6.07) is 0. The maximum Gasteiger partial charge on any atom is 2.00 e. The van der Waals surface area contributed by atoms with E-state index in [0.717, 1.165) is 6.42 Å². The Hall–Kier alpha value is 0.536. The van der Waals surface area contributed by atoms with E-state index in [9.17, 15) is 0 Å². The van der Waals surface area contributed by atoms with E-state index in [0.29, 0.717) is 0 Å². The molecule has 0 nitrogen and oxygen atoms in total. The summed E-state index contributed by atoms with van der Waals surface area (Å²) in [5.74, 6) is 0. The van der Waals surface area contributed by atoms with Crippen LogP contribution in [0, 0.1) is 6.08 Å². The van der Waals surface area contributed by atoms with Crippen molar-refractivity contribution in [1.29, 1.82) is 0 Å². The first-order valence-electron chi connectivity index (χ1n) is 1.72. The zero-order chi connectivity index (χ0) is 3.54. The van der Waals surface area contributed by atoms with Crippen LogP contribution < -0.4 is 12.4 Å². The predicted octanol–water partition coefficient (Wildman–Crippen LogP) is -2.07. The van der Waals surface area contributed by atoms with E-state index in [4.69, 9.17) is 0 Å². The number of hydrogen-bond acceptors (Lipinski definition) is 0. The Kier molecular flexibility index (Phi) is 9.81. The number of allylic oxidation sites excluding steroid dienone is 4. The summed E-state index contributed by atoms with van der Waals surface area (Å²) in [7, 11) is 0. The quantitative estimate of drug-likeness (QED) is 0.257. The van der Waals surface area contributed by atoms with Crippen molar-refractivity contribution in [3.63, 3.8) is 0 Å². The fourth-order valence-corrected chi connectivity index (χ4v) is 0.340. The SMILES string of the molecule is [C-]1=CC=CC1.[Cl-].[Mg+2]. The van der Waals surface area contributed by atoms with Crippen LogP contribution in [-0.4, -0.2) is 23.1 Å². The van der Waals surface area contributed by atoms with Gasteiger partial charge in [-0.15, -0.1) is 6.42 Å². The minimum absolute atomic E-state index is 0. The largest absolute Gasteiger partial charge is 2.00 e. The van der Waals surface area contributed by atoms with Crippen molar-refractivity contribution >= 4 is 23.1 Å². The molecule has 0 radical (unpaired) electrons. The Morgan fingerprint density at radius 1 is 1.43 bits per heavy atom. The summed E-state index contributed by atoms with van der Waals surface area (Å²) in [5.41, 5.74) is 0.